The molecular formula is C13H21F5O2S. The third-order valence-corrected chi connectivity index (χ3v) is 3.60. The van der Waals surface area contributed by atoms with Crippen molar-refractivity contribution in [3.63, 3.8) is 0 Å². The minimum atomic E-state index is -4.05. The molecule has 0 saturated heterocycles. The second-order valence-corrected chi connectivity index (χ2v) is 7.10. The molecule has 2 unspecified atom stereocenters. The third-order valence-electron chi connectivity index (χ3n) is 2.39. The molecule has 2 atom stereocenters. The maximum Gasteiger partial charge on any atom is 0.319 e. The summed E-state index contributed by atoms with van der Waals surface area (Å²) in [5.74, 6) is -4.40. The Morgan fingerprint density at radius 2 is 1.71 bits per heavy atom. The number of ether oxygens (including phenoxy) is 1. The minimum Gasteiger partial charge on any atom is -0.459 e. The predicted octanol–water partition coefficient (Wildman–Crippen LogP) is 4.47. The average molecular weight is 336 g/mol. The second kappa shape index (κ2) is 8.19. The lowest BCUT2D eigenvalue weighted by Gasteiger charge is -2.22. The first kappa shape index (κ1) is 20.5. The van der Waals surface area contributed by atoms with E-state index in [1.807, 2.05) is 0 Å². The number of carbonyl (C=O) groups is 1. The molecule has 0 heterocycles. The first-order valence-electron chi connectivity index (χ1n) is 6.51. The van der Waals surface area contributed by atoms with Gasteiger partial charge in [0.25, 0.3) is 12.3 Å². The quantitative estimate of drug-likeness (QED) is 0.372. The molecule has 0 N–H and O–H groups in total. The highest BCUT2D eigenvalue weighted by Gasteiger charge is 2.45. The molecular weight excluding hydrogens is 315 g/mol. The summed E-state index contributed by atoms with van der Waals surface area (Å²) in [7, 11) is 0. The van der Waals surface area contributed by atoms with Gasteiger partial charge < -0.3 is 4.74 Å². The van der Waals surface area contributed by atoms with Crippen molar-refractivity contribution in [2.24, 2.45) is 0 Å². The first-order chi connectivity index (χ1) is 9.37. The average Bonchev–Trinajstić information content (AvgIpc) is 2.31. The molecule has 0 aliphatic rings. The number of halogens is 5. The van der Waals surface area contributed by atoms with Crippen LogP contribution in [-0.4, -0.2) is 41.1 Å². The Morgan fingerprint density at radius 3 is 2.14 bits per heavy atom. The molecule has 0 amide bonds. The maximum absolute atomic E-state index is 13.0. The van der Waals surface area contributed by atoms with Crippen LogP contribution in [-0.2, 0) is 9.53 Å². The molecule has 21 heavy (non-hydrogen) atoms. The third kappa shape index (κ3) is 8.48. The van der Waals surface area contributed by atoms with Crippen molar-refractivity contribution in [2.75, 3.05) is 5.75 Å². The van der Waals surface area contributed by atoms with Crippen molar-refractivity contribution in [2.45, 2.75) is 69.9 Å². The fraction of sp³-hybridized carbons (Fsp3) is 0.923. The molecule has 0 bridgehead atoms. The van der Waals surface area contributed by atoms with E-state index in [0.29, 0.717) is 0 Å². The van der Waals surface area contributed by atoms with Crippen molar-refractivity contribution in [1.82, 2.24) is 0 Å². The maximum atomic E-state index is 13.0. The van der Waals surface area contributed by atoms with Crippen molar-refractivity contribution >= 4 is 17.7 Å². The van der Waals surface area contributed by atoms with E-state index in [0.717, 1.165) is 11.8 Å². The van der Waals surface area contributed by atoms with Gasteiger partial charge in [0, 0.05) is 6.42 Å². The fourth-order valence-electron chi connectivity index (χ4n) is 1.34. The van der Waals surface area contributed by atoms with Crippen LogP contribution in [0.3, 0.4) is 0 Å². The smallest absolute Gasteiger partial charge is 0.319 e. The van der Waals surface area contributed by atoms with E-state index in [4.69, 9.17) is 4.74 Å². The number of alkyl halides is 5. The van der Waals surface area contributed by atoms with E-state index >= 15 is 0 Å². The Kier molecular flexibility index (Phi) is 7.99. The number of rotatable bonds is 8. The summed E-state index contributed by atoms with van der Waals surface area (Å²) in [4.78, 5) is 11.6. The lowest BCUT2D eigenvalue weighted by atomic mass is 10.1. The standard InChI is InChI=1S/C13H21F5O2S/c1-8(11(19)20-12(2,3)4)21-7-5-6-13(17,18)9(14)10(15)16/h8-10H,5-7H2,1-4H3. The molecule has 0 aromatic rings. The van der Waals surface area contributed by atoms with Crippen LogP contribution in [0.15, 0.2) is 0 Å². The molecule has 0 aliphatic heterocycles. The van der Waals surface area contributed by atoms with E-state index < -0.39 is 41.8 Å². The molecule has 0 spiro atoms. The molecule has 0 aromatic carbocycles. The minimum absolute atomic E-state index is 0.131. The summed E-state index contributed by atoms with van der Waals surface area (Å²) in [6.07, 6.45) is -8.30. The Morgan fingerprint density at radius 1 is 1.19 bits per heavy atom. The molecule has 0 radical (unpaired) electrons. The van der Waals surface area contributed by atoms with E-state index in [1.165, 1.54) is 0 Å². The fourth-order valence-corrected chi connectivity index (χ4v) is 2.19. The molecule has 0 aliphatic carbocycles. The summed E-state index contributed by atoms with van der Waals surface area (Å²) in [6, 6.07) is 0. The number of hydrogen-bond donors (Lipinski definition) is 0. The number of esters is 1. The summed E-state index contributed by atoms with van der Waals surface area (Å²) >= 11 is 1.07. The molecule has 0 fully saturated rings. The van der Waals surface area contributed by atoms with Crippen LogP contribution in [0.1, 0.15) is 40.5 Å². The molecule has 0 saturated carbocycles. The molecule has 126 valence electrons. The van der Waals surface area contributed by atoms with Gasteiger partial charge in [-0.25, -0.2) is 22.0 Å². The number of hydrogen-bond acceptors (Lipinski definition) is 3. The van der Waals surface area contributed by atoms with Gasteiger partial charge in [-0.3, -0.25) is 4.79 Å². The summed E-state index contributed by atoms with van der Waals surface area (Å²) in [5.41, 5.74) is -0.641. The van der Waals surface area contributed by atoms with Crippen LogP contribution in [0.25, 0.3) is 0 Å². The van der Waals surface area contributed by atoms with Crippen molar-refractivity contribution in [3.8, 4) is 0 Å². The van der Waals surface area contributed by atoms with Gasteiger partial charge in [0.05, 0.1) is 5.25 Å². The highest BCUT2D eigenvalue weighted by molar-refractivity contribution is 8.00. The van der Waals surface area contributed by atoms with Crippen molar-refractivity contribution in [1.29, 1.82) is 0 Å². The molecule has 2 nitrogen and oxygen atoms in total. The van der Waals surface area contributed by atoms with E-state index in [9.17, 15) is 26.7 Å². The summed E-state index contributed by atoms with van der Waals surface area (Å²) in [5, 5.41) is -0.561. The number of thioether (sulfide) groups is 1. The van der Waals surface area contributed by atoms with E-state index in [-0.39, 0.29) is 12.2 Å². The first-order valence-corrected chi connectivity index (χ1v) is 7.56. The zero-order chi connectivity index (χ0) is 16.8. The Labute approximate surface area is 125 Å². The second-order valence-electron chi connectivity index (χ2n) is 5.65. The monoisotopic (exact) mass is 336 g/mol. The summed E-state index contributed by atoms with van der Waals surface area (Å²) in [6.45, 7) is 6.67. The van der Waals surface area contributed by atoms with Gasteiger partial charge in [0.15, 0.2) is 0 Å². The normalized spacial score (nSPS) is 15.9. The zero-order valence-electron chi connectivity index (χ0n) is 12.5. The van der Waals surface area contributed by atoms with Gasteiger partial charge in [-0.1, -0.05) is 0 Å². The van der Waals surface area contributed by atoms with Crippen LogP contribution in [0.2, 0.25) is 0 Å². The van der Waals surface area contributed by atoms with Crippen LogP contribution in [0, 0.1) is 0 Å². The van der Waals surface area contributed by atoms with E-state index in [2.05, 4.69) is 0 Å². The van der Waals surface area contributed by atoms with E-state index in [1.54, 1.807) is 27.7 Å². The molecule has 0 aromatic heterocycles. The molecule has 0 rings (SSSR count). The topological polar surface area (TPSA) is 26.3 Å². The lowest BCUT2D eigenvalue weighted by molar-refractivity contribution is -0.153. The van der Waals surface area contributed by atoms with Crippen LogP contribution in [0.5, 0.6) is 0 Å². The van der Waals surface area contributed by atoms with Gasteiger partial charge in [-0.15, -0.1) is 11.8 Å². The molecule has 8 heteroatoms. The van der Waals surface area contributed by atoms with Gasteiger partial charge in [-0.2, -0.15) is 0 Å². The van der Waals surface area contributed by atoms with Gasteiger partial charge >= 0.3 is 5.97 Å². The van der Waals surface area contributed by atoms with Gasteiger partial charge in [0.2, 0.25) is 6.17 Å². The highest BCUT2D eigenvalue weighted by Crippen LogP contribution is 2.31. The van der Waals surface area contributed by atoms with Crippen molar-refractivity contribution in [3.05, 3.63) is 0 Å². The van der Waals surface area contributed by atoms with Crippen LogP contribution in [0.4, 0.5) is 22.0 Å². The van der Waals surface area contributed by atoms with Crippen molar-refractivity contribution < 1.29 is 31.5 Å². The zero-order valence-corrected chi connectivity index (χ0v) is 13.3. The highest BCUT2D eigenvalue weighted by atomic mass is 32.2. The summed E-state index contributed by atoms with van der Waals surface area (Å²) < 4.78 is 67.6. The van der Waals surface area contributed by atoms with Crippen LogP contribution < -0.4 is 0 Å². The van der Waals surface area contributed by atoms with Crippen LogP contribution >= 0.6 is 11.8 Å². The Balaban J connectivity index is 4.07. The van der Waals surface area contributed by atoms with Gasteiger partial charge in [0.1, 0.15) is 5.60 Å². The Hall–Kier alpha value is -0.530. The number of carbonyl (C=O) groups excluding carboxylic acids is 1. The van der Waals surface area contributed by atoms with Gasteiger partial charge in [-0.05, 0) is 39.9 Å². The predicted molar refractivity (Wildman–Crippen MR) is 72.8 cm³/mol. The largest absolute Gasteiger partial charge is 0.459 e. The SMILES string of the molecule is CC(SCCCC(F)(F)C(F)C(F)F)C(=O)OC(C)(C)C. The Bertz CT molecular complexity index is 331. The lowest BCUT2D eigenvalue weighted by Crippen LogP contribution is -2.35.